The Bertz CT molecular complexity index is 927. The van der Waals surface area contributed by atoms with Crippen molar-refractivity contribution in [3.8, 4) is 6.07 Å². The van der Waals surface area contributed by atoms with E-state index in [0.717, 1.165) is 25.0 Å². The largest absolute Gasteiger partial charge is 0.478 e. The number of thioether (sulfide) groups is 1. The maximum atomic E-state index is 12.6. The molecule has 1 heterocycles. The molecule has 1 aromatic heterocycles. The number of aryl methyl sites for hydroxylation is 1. The minimum Gasteiger partial charge on any atom is -0.478 e. The Labute approximate surface area is 172 Å². The van der Waals surface area contributed by atoms with Gasteiger partial charge < -0.3 is 10.4 Å². The molecule has 1 atom stereocenters. The van der Waals surface area contributed by atoms with E-state index < -0.39 is 11.2 Å². The molecule has 0 radical (unpaired) electrons. The van der Waals surface area contributed by atoms with Crippen LogP contribution in [0.1, 0.15) is 48.3 Å². The number of hydrogen-bond donors (Lipinski definition) is 2. The maximum absolute atomic E-state index is 12.6. The molecule has 28 heavy (non-hydrogen) atoms. The van der Waals surface area contributed by atoms with Crippen LogP contribution < -0.4 is 5.32 Å². The number of carbonyl (C=O) groups is 2. The summed E-state index contributed by atoms with van der Waals surface area (Å²) in [6.45, 7) is 3.78. The molecule has 0 bridgehead atoms. The van der Waals surface area contributed by atoms with Crippen LogP contribution in [0, 0.1) is 11.3 Å². The van der Waals surface area contributed by atoms with E-state index in [1.807, 2.05) is 6.07 Å². The average Bonchev–Trinajstić information content (AvgIpc) is 2.67. The molecule has 6 nitrogen and oxygen atoms in total. The Kier molecular flexibility index (Phi) is 7.85. The molecule has 0 aliphatic rings. The van der Waals surface area contributed by atoms with Crippen molar-refractivity contribution >= 4 is 40.9 Å². The first-order chi connectivity index (χ1) is 13.3. The molecule has 0 aliphatic heterocycles. The van der Waals surface area contributed by atoms with Gasteiger partial charge in [-0.15, -0.1) is 0 Å². The zero-order valence-corrected chi connectivity index (χ0v) is 17.1. The molecule has 0 aliphatic carbocycles. The van der Waals surface area contributed by atoms with Crippen LogP contribution in [0.2, 0.25) is 5.02 Å². The highest BCUT2D eigenvalue weighted by Crippen LogP contribution is 2.28. The fraction of sp³-hybridized carbons (Fsp3) is 0.300. The third kappa shape index (κ3) is 5.72. The number of amides is 1. The van der Waals surface area contributed by atoms with Gasteiger partial charge in [0, 0.05) is 5.69 Å². The van der Waals surface area contributed by atoms with Crippen LogP contribution in [0.4, 0.5) is 5.69 Å². The zero-order chi connectivity index (χ0) is 20.7. The molecular weight excluding hydrogens is 398 g/mol. The van der Waals surface area contributed by atoms with Crippen molar-refractivity contribution in [2.75, 3.05) is 5.32 Å². The van der Waals surface area contributed by atoms with E-state index >= 15 is 0 Å². The van der Waals surface area contributed by atoms with E-state index in [9.17, 15) is 14.9 Å². The fourth-order valence-electron chi connectivity index (χ4n) is 2.36. The number of hydrogen-bond acceptors (Lipinski definition) is 5. The van der Waals surface area contributed by atoms with Gasteiger partial charge in [-0.25, -0.2) is 9.78 Å². The summed E-state index contributed by atoms with van der Waals surface area (Å²) >= 11 is 7.24. The van der Waals surface area contributed by atoms with Crippen molar-refractivity contribution in [2.24, 2.45) is 0 Å². The molecule has 1 amide bonds. The average molecular weight is 418 g/mol. The van der Waals surface area contributed by atoms with E-state index in [4.69, 9.17) is 16.7 Å². The Morgan fingerprint density at radius 1 is 1.36 bits per heavy atom. The van der Waals surface area contributed by atoms with Gasteiger partial charge in [0.25, 0.3) is 0 Å². The number of aromatic carboxylic acids is 1. The molecule has 0 spiro atoms. The molecule has 2 N–H and O–H groups in total. The quantitative estimate of drug-likeness (QED) is 0.600. The SMILES string of the molecule is CCCCc1ccc(C#N)c(SC(C)C(=O)Nc2cc(C(=O)O)ccc2Cl)n1. The fourth-order valence-corrected chi connectivity index (χ4v) is 3.44. The summed E-state index contributed by atoms with van der Waals surface area (Å²) in [6.07, 6.45) is 2.85. The van der Waals surface area contributed by atoms with Gasteiger partial charge >= 0.3 is 5.97 Å². The van der Waals surface area contributed by atoms with Crippen LogP contribution in [-0.4, -0.2) is 27.2 Å². The van der Waals surface area contributed by atoms with Crippen LogP contribution in [0.5, 0.6) is 0 Å². The van der Waals surface area contributed by atoms with Crippen molar-refractivity contribution in [2.45, 2.75) is 43.4 Å². The second-order valence-corrected chi connectivity index (χ2v) is 7.86. The molecule has 0 saturated carbocycles. The van der Waals surface area contributed by atoms with Gasteiger partial charge in [0.15, 0.2) is 0 Å². The highest BCUT2D eigenvalue weighted by Gasteiger charge is 2.19. The molecule has 146 valence electrons. The van der Waals surface area contributed by atoms with Gasteiger partial charge in [-0.3, -0.25) is 4.79 Å². The van der Waals surface area contributed by atoms with Gasteiger partial charge in [-0.2, -0.15) is 5.26 Å². The lowest BCUT2D eigenvalue weighted by molar-refractivity contribution is -0.115. The molecule has 0 saturated heterocycles. The normalized spacial score (nSPS) is 11.5. The first kappa shape index (κ1) is 21.7. The minimum atomic E-state index is -1.11. The third-order valence-electron chi connectivity index (χ3n) is 3.95. The number of nitriles is 1. The van der Waals surface area contributed by atoms with Gasteiger partial charge in [-0.1, -0.05) is 36.7 Å². The summed E-state index contributed by atoms with van der Waals surface area (Å²) in [5.74, 6) is -1.47. The van der Waals surface area contributed by atoms with Gasteiger partial charge in [0.2, 0.25) is 5.91 Å². The lowest BCUT2D eigenvalue weighted by Gasteiger charge is -2.14. The van der Waals surface area contributed by atoms with Crippen LogP contribution >= 0.6 is 23.4 Å². The smallest absolute Gasteiger partial charge is 0.335 e. The number of pyridine rings is 1. The summed E-state index contributed by atoms with van der Waals surface area (Å²) in [6, 6.07) is 9.75. The van der Waals surface area contributed by atoms with E-state index in [0.29, 0.717) is 10.6 Å². The van der Waals surface area contributed by atoms with Gasteiger partial charge in [0.1, 0.15) is 11.1 Å². The predicted octanol–water partition coefficient (Wildman–Crippen LogP) is 4.77. The first-order valence-electron chi connectivity index (χ1n) is 8.76. The van der Waals surface area contributed by atoms with E-state index in [-0.39, 0.29) is 22.2 Å². The zero-order valence-electron chi connectivity index (χ0n) is 15.5. The number of carboxylic acids is 1. The number of benzene rings is 1. The number of nitrogens with zero attached hydrogens (tertiary/aromatic N) is 2. The summed E-state index contributed by atoms with van der Waals surface area (Å²) < 4.78 is 0. The second-order valence-electron chi connectivity index (χ2n) is 6.12. The molecule has 0 fully saturated rings. The standard InChI is InChI=1S/C20H20ClN3O3S/c1-3-4-5-15-8-6-14(11-22)19(23-15)28-12(2)18(25)24-17-10-13(20(26)27)7-9-16(17)21/h6-10,12H,3-5H2,1-2H3,(H,24,25)(H,26,27). The lowest BCUT2D eigenvalue weighted by atomic mass is 10.2. The van der Waals surface area contributed by atoms with Crippen molar-refractivity contribution in [3.05, 3.63) is 52.2 Å². The predicted molar refractivity (Wildman–Crippen MR) is 110 cm³/mol. The van der Waals surface area contributed by atoms with Crippen molar-refractivity contribution in [1.29, 1.82) is 5.26 Å². The number of unbranched alkanes of at least 4 members (excludes halogenated alkanes) is 1. The summed E-state index contributed by atoms with van der Waals surface area (Å²) in [5.41, 5.74) is 1.55. The van der Waals surface area contributed by atoms with Crippen LogP contribution in [0.3, 0.4) is 0 Å². The van der Waals surface area contributed by atoms with E-state index in [1.54, 1.807) is 13.0 Å². The van der Waals surface area contributed by atoms with Crippen molar-refractivity contribution < 1.29 is 14.7 Å². The Morgan fingerprint density at radius 2 is 2.11 bits per heavy atom. The summed E-state index contributed by atoms with van der Waals surface area (Å²) in [5, 5.41) is 21.2. The summed E-state index contributed by atoms with van der Waals surface area (Å²) in [7, 11) is 0. The maximum Gasteiger partial charge on any atom is 0.335 e. The number of nitrogens with one attached hydrogen (secondary N) is 1. The Hall–Kier alpha value is -2.56. The second kappa shape index (κ2) is 10.1. The van der Waals surface area contributed by atoms with E-state index in [1.165, 1.54) is 30.0 Å². The van der Waals surface area contributed by atoms with Crippen molar-refractivity contribution in [1.82, 2.24) is 4.98 Å². The van der Waals surface area contributed by atoms with Crippen LogP contribution in [0.25, 0.3) is 0 Å². The Balaban J connectivity index is 2.15. The third-order valence-corrected chi connectivity index (χ3v) is 5.39. The number of halogens is 1. The van der Waals surface area contributed by atoms with Gasteiger partial charge in [-0.05, 0) is 50.1 Å². The van der Waals surface area contributed by atoms with Gasteiger partial charge in [0.05, 0.1) is 27.1 Å². The van der Waals surface area contributed by atoms with Crippen LogP contribution in [0.15, 0.2) is 35.4 Å². The number of aromatic nitrogens is 1. The van der Waals surface area contributed by atoms with Crippen molar-refractivity contribution in [3.63, 3.8) is 0 Å². The van der Waals surface area contributed by atoms with Crippen LogP contribution in [-0.2, 0) is 11.2 Å². The molecule has 2 rings (SSSR count). The number of rotatable bonds is 8. The number of carboxylic acid groups (broad SMARTS) is 1. The first-order valence-corrected chi connectivity index (χ1v) is 10.0. The highest BCUT2D eigenvalue weighted by atomic mass is 35.5. The molecule has 1 aromatic carbocycles. The molecule has 1 unspecified atom stereocenters. The molecular formula is C20H20ClN3O3S. The number of anilines is 1. The van der Waals surface area contributed by atoms with E-state index in [2.05, 4.69) is 23.3 Å². The Morgan fingerprint density at radius 3 is 2.75 bits per heavy atom. The topological polar surface area (TPSA) is 103 Å². The minimum absolute atomic E-state index is 0.0251. The number of carbonyl (C=O) groups excluding carboxylic acids is 1. The lowest BCUT2D eigenvalue weighted by Crippen LogP contribution is -2.23. The molecule has 2 aromatic rings. The highest BCUT2D eigenvalue weighted by molar-refractivity contribution is 8.00. The monoisotopic (exact) mass is 417 g/mol. The summed E-state index contributed by atoms with van der Waals surface area (Å²) in [4.78, 5) is 28.2. The molecule has 8 heteroatoms.